The highest BCUT2D eigenvalue weighted by Gasteiger charge is 2.16. The van der Waals surface area contributed by atoms with Gasteiger partial charge in [-0.15, -0.1) is 0 Å². The van der Waals surface area contributed by atoms with E-state index in [4.69, 9.17) is 0 Å². The smallest absolute Gasteiger partial charge is 0.272 e. The molecule has 0 aliphatic heterocycles. The molecule has 0 aliphatic carbocycles. The van der Waals surface area contributed by atoms with Crippen LogP contribution in [0.15, 0.2) is 48.5 Å². The molecule has 0 atom stereocenters. The summed E-state index contributed by atoms with van der Waals surface area (Å²) < 4.78 is 0. The number of nitrogens with zero attached hydrogens (tertiary/aromatic N) is 3. The monoisotopic (exact) mass is 340 g/mol. The maximum absolute atomic E-state index is 12.6. The van der Waals surface area contributed by atoms with E-state index in [1.807, 2.05) is 49.3 Å². The molecule has 0 bridgehead atoms. The van der Waals surface area contributed by atoms with Crippen molar-refractivity contribution in [1.29, 1.82) is 0 Å². The number of hydrogen-bond donors (Lipinski definition) is 1. The van der Waals surface area contributed by atoms with Crippen LogP contribution in [0.4, 0.5) is 0 Å². The Morgan fingerprint density at radius 3 is 2.32 bits per heavy atom. The third-order valence-corrected chi connectivity index (χ3v) is 3.65. The van der Waals surface area contributed by atoms with Crippen LogP contribution in [0.3, 0.4) is 0 Å². The first-order valence-corrected chi connectivity index (χ1v) is 8.16. The molecule has 0 saturated carbocycles. The molecule has 0 unspecified atom stereocenters. The van der Waals surface area contributed by atoms with Crippen LogP contribution in [0.25, 0.3) is 0 Å². The summed E-state index contributed by atoms with van der Waals surface area (Å²) in [7, 11) is 5.60. The number of hydrogen-bond acceptors (Lipinski definition) is 4. The number of amides is 2. The Balaban J connectivity index is 2.01. The van der Waals surface area contributed by atoms with Gasteiger partial charge in [0.1, 0.15) is 11.4 Å². The van der Waals surface area contributed by atoms with Crippen LogP contribution in [0, 0.1) is 0 Å². The summed E-state index contributed by atoms with van der Waals surface area (Å²) in [6.45, 7) is 1.75. The lowest BCUT2D eigenvalue weighted by Crippen LogP contribution is -2.32. The van der Waals surface area contributed by atoms with E-state index in [0.717, 1.165) is 12.1 Å². The van der Waals surface area contributed by atoms with Gasteiger partial charge in [-0.05, 0) is 31.8 Å². The van der Waals surface area contributed by atoms with Gasteiger partial charge in [-0.1, -0.05) is 36.4 Å². The molecule has 25 heavy (non-hydrogen) atoms. The molecule has 0 radical (unpaired) electrons. The molecular weight excluding hydrogens is 316 g/mol. The van der Waals surface area contributed by atoms with Crippen LogP contribution in [0.1, 0.15) is 26.5 Å². The second-order valence-corrected chi connectivity index (χ2v) is 6.11. The quantitative estimate of drug-likeness (QED) is 0.832. The summed E-state index contributed by atoms with van der Waals surface area (Å²) in [6, 6.07) is 14.6. The average molecular weight is 340 g/mol. The Kier molecular flexibility index (Phi) is 6.65. The average Bonchev–Trinajstić information content (AvgIpc) is 2.61. The standard InChI is InChI=1S/C19H24N4O2/c1-22(2)13-12-20-18(24)16-10-7-11-17(21-16)19(25)23(3)14-15-8-5-4-6-9-15/h4-11H,12-14H2,1-3H3,(H,20,24). The highest BCUT2D eigenvalue weighted by Crippen LogP contribution is 2.08. The van der Waals surface area contributed by atoms with Gasteiger partial charge in [0.25, 0.3) is 11.8 Å². The Labute approximate surface area is 148 Å². The van der Waals surface area contributed by atoms with E-state index in [1.54, 1.807) is 30.1 Å². The molecule has 1 heterocycles. The Morgan fingerprint density at radius 1 is 0.960 bits per heavy atom. The summed E-state index contributed by atoms with van der Waals surface area (Å²) in [5.74, 6) is -0.492. The second-order valence-electron chi connectivity index (χ2n) is 6.11. The zero-order valence-electron chi connectivity index (χ0n) is 14.9. The minimum absolute atomic E-state index is 0.216. The molecule has 1 aromatic carbocycles. The zero-order valence-corrected chi connectivity index (χ0v) is 14.9. The van der Waals surface area contributed by atoms with Gasteiger partial charge >= 0.3 is 0 Å². The van der Waals surface area contributed by atoms with Gasteiger partial charge in [0.15, 0.2) is 0 Å². The Bertz CT molecular complexity index is 716. The molecular formula is C19H24N4O2. The van der Waals surface area contributed by atoms with Crippen LogP contribution in [-0.4, -0.2) is 60.8 Å². The van der Waals surface area contributed by atoms with E-state index >= 15 is 0 Å². The van der Waals surface area contributed by atoms with E-state index in [-0.39, 0.29) is 23.2 Å². The number of pyridine rings is 1. The predicted octanol–water partition coefficient (Wildman–Crippen LogP) is 1.65. The minimum atomic E-state index is -0.276. The molecule has 2 amide bonds. The first kappa shape index (κ1) is 18.6. The number of benzene rings is 1. The summed E-state index contributed by atoms with van der Waals surface area (Å²) in [5.41, 5.74) is 1.55. The van der Waals surface area contributed by atoms with E-state index in [0.29, 0.717) is 13.1 Å². The van der Waals surface area contributed by atoms with Gasteiger partial charge in [0, 0.05) is 26.7 Å². The molecule has 0 fully saturated rings. The fraction of sp³-hybridized carbons (Fsp3) is 0.316. The largest absolute Gasteiger partial charge is 0.349 e. The summed E-state index contributed by atoms with van der Waals surface area (Å²) in [5, 5.41) is 2.80. The lowest BCUT2D eigenvalue weighted by molar-refractivity contribution is 0.0779. The van der Waals surface area contributed by atoms with E-state index in [9.17, 15) is 9.59 Å². The molecule has 1 aromatic heterocycles. The number of carbonyl (C=O) groups excluding carboxylic acids is 2. The van der Waals surface area contributed by atoms with Crippen molar-refractivity contribution in [1.82, 2.24) is 20.1 Å². The molecule has 0 aliphatic rings. The fourth-order valence-electron chi connectivity index (χ4n) is 2.29. The van der Waals surface area contributed by atoms with Crippen molar-refractivity contribution >= 4 is 11.8 Å². The fourth-order valence-corrected chi connectivity index (χ4v) is 2.29. The van der Waals surface area contributed by atoms with Crippen molar-refractivity contribution in [3.63, 3.8) is 0 Å². The van der Waals surface area contributed by atoms with Crippen molar-refractivity contribution < 1.29 is 9.59 Å². The minimum Gasteiger partial charge on any atom is -0.349 e. The van der Waals surface area contributed by atoms with Gasteiger partial charge < -0.3 is 15.1 Å². The summed E-state index contributed by atoms with van der Waals surface area (Å²) in [4.78, 5) is 32.5. The first-order chi connectivity index (χ1) is 12.0. The Morgan fingerprint density at radius 2 is 1.64 bits per heavy atom. The molecule has 2 aromatic rings. The number of aromatic nitrogens is 1. The van der Waals surface area contributed by atoms with Gasteiger partial charge in [-0.3, -0.25) is 9.59 Å². The van der Waals surface area contributed by atoms with Crippen molar-refractivity contribution in [2.45, 2.75) is 6.54 Å². The van der Waals surface area contributed by atoms with Crippen LogP contribution in [0.5, 0.6) is 0 Å². The maximum Gasteiger partial charge on any atom is 0.272 e. The van der Waals surface area contributed by atoms with Gasteiger partial charge in [-0.25, -0.2) is 4.98 Å². The van der Waals surface area contributed by atoms with Crippen molar-refractivity contribution in [2.24, 2.45) is 0 Å². The molecule has 6 heteroatoms. The van der Waals surface area contributed by atoms with Crippen molar-refractivity contribution in [2.75, 3.05) is 34.2 Å². The van der Waals surface area contributed by atoms with E-state index in [1.165, 1.54) is 0 Å². The summed E-state index contributed by atoms with van der Waals surface area (Å²) in [6.07, 6.45) is 0. The van der Waals surface area contributed by atoms with Crippen LogP contribution in [-0.2, 0) is 6.54 Å². The highest BCUT2D eigenvalue weighted by atomic mass is 16.2. The first-order valence-electron chi connectivity index (χ1n) is 8.16. The number of nitrogens with one attached hydrogen (secondary N) is 1. The van der Waals surface area contributed by atoms with Crippen LogP contribution >= 0.6 is 0 Å². The van der Waals surface area contributed by atoms with Crippen molar-refractivity contribution in [3.8, 4) is 0 Å². The zero-order chi connectivity index (χ0) is 18.2. The molecule has 1 N–H and O–H groups in total. The van der Waals surface area contributed by atoms with E-state index < -0.39 is 0 Å². The third kappa shape index (κ3) is 5.69. The van der Waals surface area contributed by atoms with Crippen LogP contribution < -0.4 is 5.32 Å². The molecule has 2 rings (SSSR count). The Hall–Kier alpha value is -2.73. The van der Waals surface area contributed by atoms with Gasteiger partial charge in [0.2, 0.25) is 0 Å². The molecule has 0 saturated heterocycles. The molecule has 0 spiro atoms. The lowest BCUT2D eigenvalue weighted by Gasteiger charge is -2.17. The highest BCUT2D eigenvalue weighted by molar-refractivity contribution is 5.96. The van der Waals surface area contributed by atoms with Gasteiger partial charge in [0.05, 0.1) is 0 Å². The normalized spacial score (nSPS) is 10.6. The van der Waals surface area contributed by atoms with Gasteiger partial charge in [-0.2, -0.15) is 0 Å². The number of rotatable bonds is 7. The molecule has 132 valence electrons. The van der Waals surface area contributed by atoms with E-state index in [2.05, 4.69) is 10.3 Å². The number of carbonyl (C=O) groups is 2. The SMILES string of the molecule is CN(C)CCNC(=O)c1cccc(C(=O)N(C)Cc2ccccc2)n1. The number of likely N-dealkylation sites (N-methyl/N-ethyl adjacent to an activating group) is 1. The van der Waals surface area contributed by atoms with Crippen LogP contribution in [0.2, 0.25) is 0 Å². The topological polar surface area (TPSA) is 65.5 Å². The molecule has 6 nitrogen and oxygen atoms in total. The second kappa shape index (κ2) is 8.94. The maximum atomic E-state index is 12.6. The third-order valence-electron chi connectivity index (χ3n) is 3.65. The van der Waals surface area contributed by atoms with Crippen molar-refractivity contribution in [3.05, 3.63) is 65.5 Å². The predicted molar refractivity (Wildman–Crippen MR) is 97.4 cm³/mol. The lowest BCUT2D eigenvalue weighted by atomic mass is 10.2. The summed E-state index contributed by atoms with van der Waals surface area (Å²) >= 11 is 0.